The van der Waals surface area contributed by atoms with Crippen LogP contribution in [0.5, 0.6) is 0 Å². The zero-order chi connectivity index (χ0) is 13.2. The molecule has 1 amide bonds. The zero-order valence-electron chi connectivity index (χ0n) is 10.1. The van der Waals surface area contributed by atoms with Crippen LogP contribution in [0.1, 0.15) is 10.5 Å². The topological polar surface area (TPSA) is 106 Å². The smallest absolute Gasteiger partial charge is 0.269 e. The molecule has 0 aromatic carbocycles. The second kappa shape index (κ2) is 4.52. The number of nitrogens with one attached hydrogen (secondary N) is 2. The third-order valence-corrected chi connectivity index (χ3v) is 2.80. The third kappa shape index (κ3) is 2.05. The Morgan fingerprint density at radius 1 is 1.16 bits per heavy atom. The molecule has 0 spiro atoms. The molecule has 2 aromatic heterocycles. The predicted octanol–water partition coefficient (Wildman–Crippen LogP) is 0.475. The highest BCUT2D eigenvalue weighted by molar-refractivity contribution is 5.99. The summed E-state index contributed by atoms with van der Waals surface area (Å²) in [6.07, 6.45) is 3.29. The maximum absolute atomic E-state index is 11.5. The molecule has 4 N–H and O–H groups in total. The Hall–Kier alpha value is -2.70. The van der Waals surface area contributed by atoms with Crippen molar-refractivity contribution < 1.29 is 4.79 Å². The molecule has 96 valence electrons. The summed E-state index contributed by atoms with van der Waals surface area (Å²) in [4.78, 5) is 24.1. The average molecular weight is 256 g/mol. The monoisotopic (exact) mass is 256 g/mol. The van der Waals surface area contributed by atoms with Crippen molar-refractivity contribution in [2.75, 3.05) is 23.7 Å². The number of amides is 1. The normalized spacial score (nSPS) is 13.1. The number of carbonyl (C=O) groups excluding carboxylic acids is 1. The van der Waals surface area contributed by atoms with Crippen LogP contribution in [0.15, 0.2) is 24.5 Å². The van der Waals surface area contributed by atoms with Gasteiger partial charge in [-0.1, -0.05) is 0 Å². The quantitative estimate of drug-likeness (QED) is 0.721. The number of nitrogens with two attached hydrogens (primary N) is 1. The number of primary amides is 1. The second-order valence-corrected chi connectivity index (χ2v) is 4.07. The molecule has 19 heavy (non-hydrogen) atoms. The maximum atomic E-state index is 11.5. The molecule has 7 heteroatoms. The predicted molar refractivity (Wildman–Crippen MR) is 70.8 cm³/mol. The second-order valence-electron chi connectivity index (χ2n) is 4.07. The fourth-order valence-corrected chi connectivity index (χ4v) is 1.93. The van der Waals surface area contributed by atoms with Crippen LogP contribution >= 0.6 is 0 Å². The van der Waals surface area contributed by atoms with Crippen LogP contribution in [0, 0.1) is 0 Å². The molecule has 2 aromatic rings. The van der Waals surface area contributed by atoms with Gasteiger partial charge in [-0.15, -0.1) is 0 Å². The summed E-state index contributed by atoms with van der Waals surface area (Å²) >= 11 is 0. The highest BCUT2D eigenvalue weighted by atomic mass is 16.1. The van der Waals surface area contributed by atoms with Crippen molar-refractivity contribution in [3.63, 3.8) is 0 Å². The van der Waals surface area contributed by atoms with Crippen LogP contribution in [-0.2, 0) is 0 Å². The minimum absolute atomic E-state index is 0.198. The van der Waals surface area contributed by atoms with E-state index in [4.69, 9.17) is 5.73 Å². The van der Waals surface area contributed by atoms with E-state index in [0.29, 0.717) is 23.9 Å². The summed E-state index contributed by atoms with van der Waals surface area (Å²) in [5.74, 6) is 0.471. The first-order valence-electron chi connectivity index (χ1n) is 5.85. The molecule has 0 saturated carbocycles. The number of pyridine rings is 1. The van der Waals surface area contributed by atoms with Gasteiger partial charge >= 0.3 is 0 Å². The van der Waals surface area contributed by atoms with Crippen LogP contribution < -0.4 is 16.4 Å². The number of aromatic nitrogens is 3. The van der Waals surface area contributed by atoms with Crippen molar-refractivity contribution in [3.05, 3.63) is 30.2 Å². The first kappa shape index (κ1) is 11.4. The van der Waals surface area contributed by atoms with E-state index in [-0.39, 0.29) is 5.69 Å². The SMILES string of the molecule is NC(=O)c1nc(-c2ccncc2)nc2c1NCCN2. The van der Waals surface area contributed by atoms with E-state index in [2.05, 4.69) is 25.6 Å². The lowest BCUT2D eigenvalue weighted by atomic mass is 10.2. The minimum atomic E-state index is -0.579. The van der Waals surface area contributed by atoms with Gasteiger partial charge < -0.3 is 16.4 Å². The largest absolute Gasteiger partial charge is 0.378 e. The van der Waals surface area contributed by atoms with Gasteiger partial charge in [-0.05, 0) is 12.1 Å². The molecule has 0 aliphatic carbocycles. The fraction of sp³-hybridized carbons (Fsp3) is 0.167. The summed E-state index contributed by atoms with van der Waals surface area (Å²) in [5.41, 5.74) is 6.92. The molecule has 0 radical (unpaired) electrons. The van der Waals surface area contributed by atoms with Gasteiger partial charge in [-0.3, -0.25) is 9.78 Å². The number of hydrogen-bond donors (Lipinski definition) is 3. The Morgan fingerprint density at radius 2 is 1.89 bits per heavy atom. The van der Waals surface area contributed by atoms with Crippen molar-refractivity contribution in [1.82, 2.24) is 15.0 Å². The van der Waals surface area contributed by atoms with Gasteiger partial charge in [0.25, 0.3) is 5.91 Å². The highest BCUT2D eigenvalue weighted by Gasteiger charge is 2.20. The van der Waals surface area contributed by atoms with E-state index in [1.165, 1.54) is 0 Å². The number of hydrogen-bond acceptors (Lipinski definition) is 6. The lowest BCUT2D eigenvalue weighted by molar-refractivity contribution is 0.0996. The molecule has 1 aliphatic rings. The van der Waals surface area contributed by atoms with Gasteiger partial charge in [0.2, 0.25) is 0 Å². The lowest BCUT2D eigenvalue weighted by Crippen LogP contribution is -2.26. The van der Waals surface area contributed by atoms with Crippen LogP contribution in [0.3, 0.4) is 0 Å². The van der Waals surface area contributed by atoms with Gasteiger partial charge in [-0.2, -0.15) is 0 Å². The molecule has 0 unspecified atom stereocenters. The van der Waals surface area contributed by atoms with Crippen molar-refractivity contribution in [3.8, 4) is 11.4 Å². The molecule has 0 fully saturated rings. The highest BCUT2D eigenvalue weighted by Crippen LogP contribution is 2.28. The van der Waals surface area contributed by atoms with Crippen LogP contribution in [0.2, 0.25) is 0 Å². The maximum Gasteiger partial charge on any atom is 0.269 e. The fourth-order valence-electron chi connectivity index (χ4n) is 1.93. The van der Waals surface area contributed by atoms with E-state index in [0.717, 1.165) is 12.1 Å². The molecule has 3 rings (SSSR count). The molecule has 0 atom stereocenters. The summed E-state index contributed by atoms with van der Waals surface area (Å²) in [6.45, 7) is 1.43. The van der Waals surface area contributed by atoms with Gasteiger partial charge in [0.1, 0.15) is 5.69 Å². The minimum Gasteiger partial charge on any atom is -0.378 e. The Balaban J connectivity index is 2.17. The van der Waals surface area contributed by atoms with E-state index in [1.54, 1.807) is 24.5 Å². The van der Waals surface area contributed by atoms with Crippen molar-refractivity contribution >= 4 is 17.4 Å². The first-order valence-corrected chi connectivity index (χ1v) is 5.85. The van der Waals surface area contributed by atoms with Gasteiger partial charge in [0.05, 0.1) is 0 Å². The lowest BCUT2D eigenvalue weighted by Gasteiger charge is -2.21. The summed E-state index contributed by atoms with van der Waals surface area (Å²) in [5, 5.41) is 6.22. The van der Waals surface area contributed by atoms with Gasteiger partial charge in [0.15, 0.2) is 17.3 Å². The van der Waals surface area contributed by atoms with Crippen molar-refractivity contribution in [2.45, 2.75) is 0 Å². The van der Waals surface area contributed by atoms with Crippen LogP contribution in [0.4, 0.5) is 11.5 Å². The Kier molecular flexibility index (Phi) is 2.71. The van der Waals surface area contributed by atoms with E-state index in [9.17, 15) is 4.79 Å². The molecule has 3 heterocycles. The number of carbonyl (C=O) groups is 1. The standard InChI is InChI=1S/C12H12N6O/c13-10(19)8-9-12(16-6-5-15-9)18-11(17-8)7-1-3-14-4-2-7/h1-4,15H,5-6H2,(H2,13,19)(H,16,17,18). The summed E-state index contributed by atoms with van der Waals surface area (Å²) < 4.78 is 0. The summed E-state index contributed by atoms with van der Waals surface area (Å²) in [7, 11) is 0. The van der Waals surface area contributed by atoms with Crippen LogP contribution in [0.25, 0.3) is 11.4 Å². The zero-order valence-corrected chi connectivity index (χ0v) is 10.1. The molecule has 7 nitrogen and oxygen atoms in total. The Morgan fingerprint density at radius 3 is 2.63 bits per heavy atom. The third-order valence-electron chi connectivity index (χ3n) is 2.80. The van der Waals surface area contributed by atoms with Gasteiger partial charge in [0, 0.05) is 31.0 Å². The van der Waals surface area contributed by atoms with E-state index < -0.39 is 5.91 Å². The Bertz CT molecular complexity index is 628. The number of fused-ring (bicyclic) bond motifs is 1. The Labute approximate surface area is 109 Å². The number of rotatable bonds is 2. The van der Waals surface area contributed by atoms with Crippen LogP contribution in [-0.4, -0.2) is 33.9 Å². The number of nitrogens with zero attached hydrogens (tertiary/aromatic N) is 3. The van der Waals surface area contributed by atoms with Gasteiger partial charge in [-0.25, -0.2) is 9.97 Å². The van der Waals surface area contributed by atoms with Crippen molar-refractivity contribution in [2.24, 2.45) is 5.73 Å². The number of anilines is 2. The molecular formula is C12H12N6O. The van der Waals surface area contributed by atoms with E-state index in [1.807, 2.05) is 0 Å². The first-order chi connectivity index (χ1) is 9.25. The molecular weight excluding hydrogens is 244 g/mol. The van der Waals surface area contributed by atoms with Crippen molar-refractivity contribution in [1.29, 1.82) is 0 Å². The average Bonchev–Trinajstić information content (AvgIpc) is 2.47. The van der Waals surface area contributed by atoms with E-state index >= 15 is 0 Å². The molecule has 0 bridgehead atoms. The molecule has 1 aliphatic heterocycles. The molecule has 0 saturated heterocycles. The summed E-state index contributed by atoms with van der Waals surface area (Å²) in [6, 6.07) is 3.56.